The van der Waals surface area contributed by atoms with Gasteiger partial charge in [-0.2, -0.15) is 11.3 Å². The van der Waals surface area contributed by atoms with Crippen molar-refractivity contribution in [3.63, 3.8) is 0 Å². The topological polar surface area (TPSA) is 87.7 Å². The Balaban J connectivity index is 1.67. The van der Waals surface area contributed by atoms with Crippen LogP contribution in [0.5, 0.6) is 0 Å². The fraction of sp³-hybridized carbons (Fsp3) is 0.682. The Kier molecular flexibility index (Phi) is 8.02. The highest BCUT2D eigenvalue weighted by Crippen LogP contribution is 2.19. The molecule has 0 saturated carbocycles. The SMILES string of the molecule is CC(C)C(C)CC(NC(=O)c1ccsc1)C(=O)NC1C(=O)COC1CN1CCCC1. The Labute approximate surface area is 182 Å². The van der Waals surface area contributed by atoms with E-state index in [0.717, 1.165) is 25.9 Å². The lowest BCUT2D eigenvalue weighted by Crippen LogP contribution is -2.55. The third-order valence-electron chi connectivity index (χ3n) is 6.24. The van der Waals surface area contributed by atoms with Crippen LogP contribution < -0.4 is 10.6 Å². The number of hydrogen-bond acceptors (Lipinski definition) is 6. The van der Waals surface area contributed by atoms with Crippen LogP contribution in [0.4, 0.5) is 0 Å². The number of rotatable bonds is 9. The molecule has 30 heavy (non-hydrogen) atoms. The van der Waals surface area contributed by atoms with E-state index in [-0.39, 0.29) is 36.2 Å². The summed E-state index contributed by atoms with van der Waals surface area (Å²) in [7, 11) is 0. The first-order chi connectivity index (χ1) is 14.3. The van der Waals surface area contributed by atoms with Crippen molar-refractivity contribution in [2.24, 2.45) is 11.8 Å². The highest BCUT2D eigenvalue weighted by Gasteiger charge is 2.39. The number of hydrogen-bond donors (Lipinski definition) is 2. The number of amides is 2. The van der Waals surface area contributed by atoms with Crippen LogP contribution in [-0.2, 0) is 14.3 Å². The third kappa shape index (κ3) is 5.89. The summed E-state index contributed by atoms with van der Waals surface area (Å²) in [5.41, 5.74) is 0.544. The van der Waals surface area contributed by atoms with E-state index >= 15 is 0 Å². The number of carbonyl (C=O) groups excluding carboxylic acids is 3. The first kappa shape index (κ1) is 22.9. The summed E-state index contributed by atoms with van der Waals surface area (Å²) in [6.07, 6.45) is 2.48. The van der Waals surface area contributed by atoms with Gasteiger partial charge in [-0.25, -0.2) is 0 Å². The molecule has 166 valence electrons. The number of Topliss-reactive ketones (excluding diaryl/α,β-unsaturated/α-hetero) is 1. The zero-order valence-electron chi connectivity index (χ0n) is 18.1. The van der Waals surface area contributed by atoms with E-state index in [9.17, 15) is 14.4 Å². The van der Waals surface area contributed by atoms with Gasteiger partial charge in [0.2, 0.25) is 5.91 Å². The smallest absolute Gasteiger partial charge is 0.252 e. The van der Waals surface area contributed by atoms with Crippen LogP contribution in [0.3, 0.4) is 0 Å². The van der Waals surface area contributed by atoms with Crippen molar-refractivity contribution in [2.75, 3.05) is 26.2 Å². The lowest BCUT2D eigenvalue weighted by atomic mass is 9.90. The molecule has 4 unspecified atom stereocenters. The Morgan fingerprint density at radius 3 is 2.63 bits per heavy atom. The average molecular weight is 436 g/mol. The van der Waals surface area contributed by atoms with Crippen molar-refractivity contribution in [2.45, 2.75) is 58.2 Å². The molecule has 0 bridgehead atoms. The summed E-state index contributed by atoms with van der Waals surface area (Å²) >= 11 is 1.44. The van der Waals surface area contributed by atoms with Gasteiger partial charge in [-0.3, -0.25) is 14.4 Å². The monoisotopic (exact) mass is 435 g/mol. The molecule has 2 aliphatic rings. The molecule has 3 heterocycles. The molecule has 2 amide bonds. The highest BCUT2D eigenvalue weighted by molar-refractivity contribution is 7.08. The van der Waals surface area contributed by atoms with E-state index in [1.807, 2.05) is 5.38 Å². The Hall–Kier alpha value is -1.77. The van der Waals surface area contributed by atoms with Gasteiger partial charge in [0.05, 0.1) is 11.7 Å². The Bertz CT molecular complexity index is 731. The van der Waals surface area contributed by atoms with Crippen molar-refractivity contribution >= 4 is 28.9 Å². The average Bonchev–Trinajstić information content (AvgIpc) is 3.46. The molecule has 8 heteroatoms. The number of nitrogens with one attached hydrogen (secondary N) is 2. The molecule has 2 N–H and O–H groups in total. The Morgan fingerprint density at radius 2 is 2.00 bits per heavy atom. The second kappa shape index (κ2) is 10.5. The summed E-state index contributed by atoms with van der Waals surface area (Å²) in [5.74, 6) is -0.0825. The van der Waals surface area contributed by atoms with Crippen molar-refractivity contribution in [1.82, 2.24) is 15.5 Å². The standard InChI is InChI=1S/C22H33N3O4S/c1-14(2)15(3)10-17(23-21(27)16-6-9-30-13-16)22(28)24-20-18(26)12-29-19(20)11-25-7-4-5-8-25/h6,9,13-15,17,19-20H,4-5,7-8,10-12H2,1-3H3,(H,23,27)(H,24,28). The molecule has 0 spiro atoms. The van der Waals surface area contributed by atoms with Crippen LogP contribution in [0, 0.1) is 11.8 Å². The molecular formula is C22H33N3O4S. The van der Waals surface area contributed by atoms with E-state index in [0.29, 0.717) is 24.4 Å². The van der Waals surface area contributed by atoms with Crippen LogP contribution in [0.2, 0.25) is 0 Å². The van der Waals surface area contributed by atoms with Crippen LogP contribution >= 0.6 is 11.3 Å². The maximum absolute atomic E-state index is 13.1. The first-order valence-electron chi connectivity index (χ1n) is 10.8. The van der Waals surface area contributed by atoms with E-state index in [2.05, 4.69) is 36.3 Å². The lowest BCUT2D eigenvalue weighted by molar-refractivity contribution is -0.128. The summed E-state index contributed by atoms with van der Waals surface area (Å²) in [6.45, 7) is 8.94. The fourth-order valence-corrected chi connectivity index (χ4v) is 4.53. The summed E-state index contributed by atoms with van der Waals surface area (Å²) in [5, 5.41) is 9.36. The number of likely N-dealkylation sites (tertiary alicyclic amines) is 1. The summed E-state index contributed by atoms with van der Waals surface area (Å²) < 4.78 is 5.69. The van der Waals surface area contributed by atoms with E-state index in [4.69, 9.17) is 4.74 Å². The van der Waals surface area contributed by atoms with E-state index in [1.165, 1.54) is 11.3 Å². The number of carbonyl (C=O) groups is 3. The van der Waals surface area contributed by atoms with Crippen molar-refractivity contribution in [3.8, 4) is 0 Å². The van der Waals surface area contributed by atoms with Crippen molar-refractivity contribution in [1.29, 1.82) is 0 Å². The van der Waals surface area contributed by atoms with Gasteiger partial charge < -0.3 is 20.3 Å². The molecule has 1 aromatic heterocycles. The number of thiophene rings is 1. The van der Waals surface area contributed by atoms with Gasteiger partial charge >= 0.3 is 0 Å². The summed E-state index contributed by atoms with van der Waals surface area (Å²) in [4.78, 5) is 40.4. The molecule has 1 aromatic rings. The molecule has 4 atom stereocenters. The molecule has 2 saturated heterocycles. The second-order valence-electron chi connectivity index (χ2n) is 8.80. The van der Waals surface area contributed by atoms with Gasteiger partial charge in [-0.1, -0.05) is 20.8 Å². The minimum absolute atomic E-state index is 0.0256. The lowest BCUT2D eigenvalue weighted by Gasteiger charge is -2.27. The minimum Gasteiger partial charge on any atom is -0.366 e. The highest BCUT2D eigenvalue weighted by atomic mass is 32.1. The normalized spacial score (nSPS) is 24.2. The second-order valence-corrected chi connectivity index (χ2v) is 9.58. The van der Waals surface area contributed by atoms with Gasteiger partial charge in [0.25, 0.3) is 5.91 Å². The van der Waals surface area contributed by atoms with Crippen LogP contribution in [0.15, 0.2) is 16.8 Å². The summed E-state index contributed by atoms with van der Waals surface area (Å²) in [6, 6.07) is 0.380. The van der Waals surface area contributed by atoms with Crippen LogP contribution in [0.25, 0.3) is 0 Å². The predicted octanol–water partition coefficient (Wildman–Crippen LogP) is 2.08. The molecule has 2 fully saturated rings. The molecule has 0 radical (unpaired) electrons. The predicted molar refractivity (Wildman–Crippen MR) is 117 cm³/mol. The zero-order valence-corrected chi connectivity index (χ0v) is 18.9. The molecular weight excluding hydrogens is 402 g/mol. The quantitative estimate of drug-likeness (QED) is 0.620. The number of ketones is 1. The van der Waals surface area contributed by atoms with Crippen molar-refractivity contribution in [3.05, 3.63) is 22.4 Å². The molecule has 0 aliphatic carbocycles. The largest absolute Gasteiger partial charge is 0.366 e. The zero-order chi connectivity index (χ0) is 21.7. The van der Waals surface area contributed by atoms with Gasteiger partial charge in [0, 0.05) is 11.9 Å². The number of nitrogens with zero attached hydrogens (tertiary/aromatic N) is 1. The molecule has 3 rings (SSSR count). The van der Waals surface area contributed by atoms with Gasteiger partial charge in [-0.15, -0.1) is 0 Å². The van der Waals surface area contributed by atoms with Gasteiger partial charge in [0.15, 0.2) is 5.78 Å². The maximum atomic E-state index is 13.1. The van der Waals surface area contributed by atoms with E-state index in [1.54, 1.807) is 11.4 Å². The minimum atomic E-state index is -0.698. The third-order valence-corrected chi connectivity index (χ3v) is 6.93. The molecule has 0 aromatic carbocycles. The van der Waals surface area contributed by atoms with Crippen LogP contribution in [0.1, 0.15) is 50.4 Å². The molecule has 7 nitrogen and oxygen atoms in total. The van der Waals surface area contributed by atoms with Crippen LogP contribution in [-0.4, -0.2) is 66.9 Å². The van der Waals surface area contributed by atoms with Crippen molar-refractivity contribution < 1.29 is 19.1 Å². The fourth-order valence-electron chi connectivity index (χ4n) is 3.90. The van der Waals surface area contributed by atoms with E-state index < -0.39 is 12.1 Å². The molecule has 2 aliphatic heterocycles. The first-order valence-corrected chi connectivity index (χ1v) is 11.8. The van der Waals surface area contributed by atoms with Gasteiger partial charge in [0.1, 0.15) is 18.7 Å². The Morgan fingerprint density at radius 1 is 1.27 bits per heavy atom. The number of ether oxygens (including phenoxy) is 1. The van der Waals surface area contributed by atoms with Gasteiger partial charge in [-0.05, 0) is 55.6 Å². The maximum Gasteiger partial charge on any atom is 0.252 e.